The molecule has 3 atom stereocenters. The molecule has 5 rings (SSSR count). The van der Waals surface area contributed by atoms with Gasteiger partial charge in [-0.15, -0.1) is 0 Å². The van der Waals surface area contributed by atoms with E-state index >= 15 is 0 Å². The summed E-state index contributed by atoms with van der Waals surface area (Å²) < 4.78 is 75.4. The minimum atomic E-state index is -4.55. The molecule has 3 N–H and O–H groups in total. The van der Waals surface area contributed by atoms with Gasteiger partial charge < -0.3 is 15.8 Å². The second kappa shape index (κ2) is 9.28. The van der Waals surface area contributed by atoms with E-state index in [-0.39, 0.29) is 42.1 Å². The molecule has 1 aromatic heterocycles. The van der Waals surface area contributed by atoms with Crippen LogP contribution in [0.4, 0.5) is 24.7 Å². The molecule has 1 aromatic carbocycles. The Bertz CT molecular complexity index is 1270. The molecule has 3 aliphatic heterocycles. The fourth-order valence-corrected chi connectivity index (χ4v) is 6.82. The lowest BCUT2D eigenvalue weighted by Crippen LogP contribution is -2.52. The van der Waals surface area contributed by atoms with E-state index in [0.717, 1.165) is 25.0 Å². The Kier molecular flexibility index (Phi) is 6.56. The van der Waals surface area contributed by atoms with Crippen LogP contribution in [0.3, 0.4) is 0 Å². The largest absolute Gasteiger partial charge is 0.416 e. The highest BCUT2D eigenvalue weighted by molar-refractivity contribution is 7.86. The summed E-state index contributed by atoms with van der Waals surface area (Å²) in [4.78, 5) is 8.51. The topological polar surface area (TPSA) is 114 Å². The lowest BCUT2D eigenvalue weighted by Gasteiger charge is -2.37. The number of ether oxygens (including phenoxy) is 1. The standard InChI is InChI=1S/C22H26ClF3N6O3S/c1-12(13-6-14(22(24,25)26)8-15(27)7-13)28-20-18-11-31(5-4-19(18)29-21(23)30-20)36(33,34)32-9-16-2-3-17(10-32)35-16/h6-8,12,16-17H,2-5,9-11,27H2,1H3,(H,28,29,30)/t12-,16?,17?/m1/s1. The number of nitrogen functional groups attached to an aromatic ring is 1. The van der Waals surface area contributed by atoms with E-state index in [2.05, 4.69) is 15.3 Å². The number of nitrogens with zero attached hydrogens (tertiary/aromatic N) is 4. The molecule has 196 valence electrons. The van der Waals surface area contributed by atoms with Crippen LogP contribution in [-0.2, 0) is 34.1 Å². The minimum absolute atomic E-state index is 0.0152. The molecule has 0 aliphatic carbocycles. The van der Waals surface area contributed by atoms with Crippen molar-refractivity contribution in [1.82, 2.24) is 18.6 Å². The van der Waals surface area contributed by atoms with Crippen LogP contribution in [0.2, 0.25) is 5.28 Å². The number of rotatable bonds is 5. The van der Waals surface area contributed by atoms with Crippen molar-refractivity contribution in [2.45, 2.75) is 57.2 Å². The van der Waals surface area contributed by atoms with Gasteiger partial charge in [-0.2, -0.15) is 30.2 Å². The zero-order chi connectivity index (χ0) is 25.8. The van der Waals surface area contributed by atoms with Crippen molar-refractivity contribution in [2.24, 2.45) is 0 Å². The summed E-state index contributed by atoms with van der Waals surface area (Å²) >= 11 is 6.12. The predicted molar refractivity (Wildman–Crippen MR) is 127 cm³/mol. The maximum atomic E-state index is 13.4. The fourth-order valence-electron chi connectivity index (χ4n) is 4.98. The first-order valence-corrected chi connectivity index (χ1v) is 13.4. The third-order valence-electron chi connectivity index (χ3n) is 6.82. The van der Waals surface area contributed by atoms with E-state index in [1.165, 1.54) is 14.7 Å². The first kappa shape index (κ1) is 25.5. The van der Waals surface area contributed by atoms with E-state index in [4.69, 9.17) is 22.1 Å². The molecule has 2 fully saturated rings. The molecule has 9 nitrogen and oxygen atoms in total. The van der Waals surface area contributed by atoms with Crippen LogP contribution in [0.15, 0.2) is 18.2 Å². The molecule has 2 aromatic rings. The molecule has 0 amide bonds. The van der Waals surface area contributed by atoms with Crippen LogP contribution in [0.5, 0.6) is 0 Å². The van der Waals surface area contributed by atoms with E-state index in [0.29, 0.717) is 36.3 Å². The average Bonchev–Trinajstić information content (AvgIpc) is 3.14. The smallest absolute Gasteiger partial charge is 0.399 e. The number of nitrogens with two attached hydrogens (primary N) is 1. The van der Waals surface area contributed by atoms with Crippen LogP contribution in [-0.4, -0.2) is 58.8 Å². The van der Waals surface area contributed by atoms with Crippen LogP contribution >= 0.6 is 11.6 Å². The van der Waals surface area contributed by atoms with Crippen molar-refractivity contribution in [3.8, 4) is 0 Å². The summed E-state index contributed by atoms with van der Waals surface area (Å²) in [7, 11) is -3.76. The lowest BCUT2D eigenvalue weighted by molar-refractivity contribution is -0.137. The average molecular weight is 547 g/mol. The van der Waals surface area contributed by atoms with Gasteiger partial charge in [-0.25, -0.2) is 9.97 Å². The summed E-state index contributed by atoms with van der Waals surface area (Å²) in [6, 6.07) is 2.71. The van der Waals surface area contributed by atoms with Gasteiger partial charge in [0.05, 0.1) is 29.5 Å². The first-order chi connectivity index (χ1) is 16.9. The maximum absolute atomic E-state index is 13.4. The molecule has 0 spiro atoms. The fraction of sp³-hybridized carbons (Fsp3) is 0.545. The SMILES string of the molecule is C[C@@H](Nc1nc(Cl)nc2c1CN(S(=O)(=O)N1CC3CCC(C1)O3)CC2)c1cc(N)cc(C(F)(F)F)c1. The Morgan fingerprint density at radius 2 is 1.86 bits per heavy atom. The Balaban J connectivity index is 1.40. The Morgan fingerprint density at radius 3 is 2.53 bits per heavy atom. The molecule has 3 aliphatic rings. The molecule has 0 radical (unpaired) electrons. The quantitative estimate of drug-likeness (QED) is 0.436. The Labute approximate surface area is 212 Å². The van der Waals surface area contributed by atoms with Gasteiger partial charge in [-0.05, 0) is 55.1 Å². The number of benzene rings is 1. The van der Waals surface area contributed by atoms with Gasteiger partial charge in [0.25, 0.3) is 10.2 Å². The number of alkyl halides is 3. The van der Waals surface area contributed by atoms with Gasteiger partial charge in [0.15, 0.2) is 0 Å². The molecule has 0 saturated carbocycles. The summed E-state index contributed by atoms with van der Waals surface area (Å²) in [5.41, 5.74) is 6.28. The van der Waals surface area contributed by atoms with Crippen molar-refractivity contribution < 1.29 is 26.3 Å². The summed E-state index contributed by atoms with van der Waals surface area (Å²) in [5, 5.41) is 3.06. The highest BCUT2D eigenvalue weighted by Gasteiger charge is 2.42. The van der Waals surface area contributed by atoms with E-state index in [1.54, 1.807) is 6.92 Å². The number of nitrogens with one attached hydrogen (secondary N) is 1. The van der Waals surface area contributed by atoms with Gasteiger partial charge in [-0.1, -0.05) is 0 Å². The number of fused-ring (bicyclic) bond motifs is 3. The molecular weight excluding hydrogens is 521 g/mol. The van der Waals surface area contributed by atoms with Crippen LogP contribution in [0.25, 0.3) is 0 Å². The van der Waals surface area contributed by atoms with Crippen LogP contribution in [0, 0.1) is 0 Å². The van der Waals surface area contributed by atoms with Crippen LogP contribution in [0.1, 0.15) is 48.2 Å². The highest BCUT2D eigenvalue weighted by Crippen LogP contribution is 2.35. The van der Waals surface area contributed by atoms with Gasteiger partial charge in [0, 0.05) is 43.9 Å². The van der Waals surface area contributed by atoms with Crippen molar-refractivity contribution in [3.05, 3.63) is 45.9 Å². The third kappa shape index (κ3) is 4.99. The van der Waals surface area contributed by atoms with E-state index < -0.39 is 28.0 Å². The number of hydrogen-bond donors (Lipinski definition) is 2. The van der Waals surface area contributed by atoms with Crippen molar-refractivity contribution in [3.63, 3.8) is 0 Å². The predicted octanol–water partition coefficient (Wildman–Crippen LogP) is 3.37. The van der Waals surface area contributed by atoms with Crippen molar-refractivity contribution in [1.29, 1.82) is 0 Å². The van der Waals surface area contributed by atoms with Crippen molar-refractivity contribution >= 4 is 33.3 Å². The minimum Gasteiger partial charge on any atom is -0.399 e. The van der Waals surface area contributed by atoms with Gasteiger partial charge >= 0.3 is 6.18 Å². The monoisotopic (exact) mass is 546 g/mol. The normalized spacial score (nSPS) is 23.9. The van der Waals surface area contributed by atoms with E-state index in [1.807, 2.05) is 0 Å². The number of morpholine rings is 1. The Morgan fingerprint density at radius 1 is 1.17 bits per heavy atom. The number of anilines is 2. The highest BCUT2D eigenvalue weighted by atomic mass is 35.5. The molecule has 14 heteroatoms. The second-order valence-electron chi connectivity index (χ2n) is 9.38. The number of hydrogen-bond acceptors (Lipinski definition) is 7. The second-order valence-corrected chi connectivity index (χ2v) is 11.7. The third-order valence-corrected chi connectivity index (χ3v) is 8.90. The maximum Gasteiger partial charge on any atom is 0.416 e. The summed E-state index contributed by atoms with van der Waals surface area (Å²) in [6.07, 6.45) is -2.70. The van der Waals surface area contributed by atoms with Crippen LogP contribution < -0.4 is 11.1 Å². The summed E-state index contributed by atoms with van der Waals surface area (Å²) in [6.45, 7) is 2.55. The molecule has 2 unspecified atom stereocenters. The first-order valence-electron chi connectivity index (χ1n) is 11.6. The van der Waals surface area contributed by atoms with Gasteiger partial charge in [-0.3, -0.25) is 0 Å². The van der Waals surface area contributed by atoms with Gasteiger partial charge in [0.1, 0.15) is 5.82 Å². The molecule has 4 heterocycles. The molecule has 2 saturated heterocycles. The number of halogens is 4. The molecule has 2 bridgehead atoms. The molecular formula is C22H26ClF3N6O3S. The molecule has 36 heavy (non-hydrogen) atoms. The lowest BCUT2D eigenvalue weighted by atomic mass is 10.0. The number of aromatic nitrogens is 2. The van der Waals surface area contributed by atoms with Gasteiger partial charge in [0.2, 0.25) is 5.28 Å². The zero-order valence-electron chi connectivity index (χ0n) is 19.4. The van der Waals surface area contributed by atoms with E-state index in [9.17, 15) is 21.6 Å². The van der Waals surface area contributed by atoms with Crippen molar-refractivity contribution in [2.75, 3.05) is 30.7 Å². The summed E-state index contributed by atoms with van der Waals surface area (Å²) in [5.74, 6) is 0.274. The Hall–Kier alpha value is -2.19. The zero-order valence-corrected chi connectivity index (χ0v) is 21.0.